The molecule has 0 fully saturated rings. The Morgan fingerprint density at radius 3 is 2.45 bits per heavy atom. The lowest BCUT2D eigenvalue weighted by Crippen LogP contribution is -1.97. The molecule has 0 saturated carbocycles. The Labute approximate surface area is 124 Å². The third kappa shape index (κ3) is 3.73. The summed E-state index contributed by atoms with van der Waals surface area (Å²) in [5, 5.41) is 0.123. The first kappa shape index (κ1) is 14.9. The number of benzene rings is 2. The van der Waals surface area contributed by atoms with Crippen molar-refractivity contribution >= 4 is 11.6 Å². The molecular formula is C17H18ClFO. The Bertz CT molecular complexity index is 566. The predicted molar refractivity (Wildman–Crippen MR) is 80.9 cm³/mol. The van der Waals surface area contributed by atoms with E-state index < -0.39 is 5.82 Å². The zero-order chi connectivity index (χ0) is 14.5. The van der Waals surface area contributed by atoms with E-state index in [0.717, 1.165) is 17.7 Å². The van der Waals surface area contributed by atoms with Crippen LogP contribution in [-0.4, -0.2) is 0 Å². The summed E-state index contributed by atoms with van der Waals surface area (Å²) in [5.74, 6) is 0.950. The number of halogens is 2. The van der Waals surface area contributed by atoms with Gasteiger partial charge in [0, 0.05) is 0 Å². The fourth-order valence-electron chi connectivity index (χ4n) is 1.92. The number of ether oxygens (including phenoxy) is 1. The van der Waals surface area contributed by atoms with Crippen LogP contribution in [-0.2, 0) is 6.61 Å². The van der Waals surface area contributed by atoms with Crippen molar-refractivity contribution in [2.45, 2.75) is 32.8 Å². The van der Waals surface area contributed by atoms with Crippen LogP contribution in [0.3, 0.4) is 0 Å². The average molecular weight is 293 g/mol. The van der Waals surface area contributed by atoms with Crippen LogP contribution in [0.15, 0.2) is 42.5 Å². The third-order valence-corrected chi connectivity index (χ3v) is 3.74. The monoisotopic (exact) mass is 292 g/mol. The van der Waals surface area contributed by atoms with Gasteiger partial charge in [-0.05, 0) is 47.7 Å². The Hall–Kier alpha value is -1.54. The third-order valence-electron chi connectivity index (χ3n) is 3.45. The van der Waals surface area contributed by atoms with Crippen molar-refractivity contribution in [2.24, 2.45) is 0 Å². The maximum atomic E-state index is 13.0. The van der Waals surface area contributed by atoms with Crippen molar-refractivity contribution < 1.29 is 9.13 Å². The summed E-state index contributed by atoms with van der Waals surface area (Å²) in [6.07, 6.45) is 1.12. The first-order chi connectivity index (χ1) is 9.60. The van der Waals surface area contributed by atoms with E-state index in [1.165, 1.54) is 11.6 Å². The van der Waals surface area contributed by atoms with Crippen molar-refractivity contribution in [1.29, 1.82) is 0 Å². The number of rotatable bonds is 5. The van der Waals surface area contributed by atoms with Gasteiger partial charge in [-0.25, -0.2) is 4.39 Å². The van der Waals surface area contributed by atoms with E-state index in [1.54, 1.807) is 12.1 Å². The number of hydrogen-bond acceptors (Lipinski definition) is 1. The van der Waals surface area contributed by atoms with E-state index in [4.69, 9.17) is 16.3 Å². The van der Waals surface area contributed by atoms with Crippen LogP contribution in [0, 0.1) is 5.82 Å². The van der Waals surface area contributed by atoms with Gasteiger partial charge in [-0.1, -0.05) is 43.6 Å². The van der Waals surface area contributed by atoms with Crippen LogP contribution >= 0.6 is 11.6 Å². The summed E-state index contributed by atoms with van der Waals surface area (Å²) in [7, 11) is 0. The molecule has 0 bridgehead atoms. The molecule has 2 aromatic carbocycles. The minimum atomic E-state index is -0.409. The van der Waals surface area contributed by atoms with Crippen LogP contribution < -0.4 is 4.74 Å². The van der Waals surface area contributed by atoms with Crippen molar-refractivity contribution in [3.8, 4) is 5.75 Å². The highest BCUT2D eigenvalue weighted by Gasteiger charge is 2.04. The van der Waals surface area contributed by atoms with E-state index in [9.17, 15) is 4.39 Å². The van der Waals surface area contributed by atoms with Gasteiger partial charge in [0.05, 0.1) is 5.02 Å². The van der Waals surface area contributed by atoms with E-state index >= 15 is 0 Å². The molecule has 1 atom stereocenters. The average Bonchev–Trinajstić information content (AvgIpc) is 2.48. The van der Waals surface area contributed by atoms with Crippen LogP contribution in [0.1, 0.15) is 37.3 Å². The van der Waals surface area contributed by atoms with Crippen LogP contribution in [0.25, 0.3) is 0 Å². The molecule has 20 heavy (non-hydrogen) atoms. The summed E-state index contributed by atoms with van der Waals surface area (Å²) < 4.78 is 18.7. The van der Waals surface area contributed by atoms with Gasteiger partial charge < -0.3 is 4.74 Å². The second-order valence-electron chi connectivity index (χ2n) is 4.92. The molecular weight excluding hydrogens is 275 g/mol. The van der Waals surface area contributed by atoms with Crippen molar-refractivity contribution in [1.82, 2.24) is 0 Å². The smallest absolute Gasteiger partial charge is 0.141 e. The second-order valence-corrected chi connectivity index (χ2v) is 5.32. The molecule has 0 heterocycles. The molecule has 2 aromatic rings. The van der Waals surface area contributed by atoms with Gasteiger partial charge in [-0.2, -0.15) is 0 Å². The molecule has 0 aliphatic carbocycles. The highest BCUT2D eigenvalue weighted by Crippen LogP contribution is 2.22. The second kappa shape index (κ2) is 6.76. The number of hydrogen-bond donors (Lipinski definition) is 0. The van der Waals surface area contributed by atoms with Gasteiger partial charge in [0.25, 0.3) is 0 Å². The Morgan fingerprint density at radius 1 is 1.15 bits per heavy atom. The van der Waals surface area contributed by atoms with Gasteiger partial charge in [0.1, 0.15) is 18.2 Å². The lowest BCUT2D eigenvalue weighted by molar-refractivity contribution is 0.306. The highest BCUT2D eigenvalue weighted by atomic mass is 35.5. The van der Waals surface area contributed by atoms with Crippen LogP contribution in [0.5, 0.6) is 5.75 Å². The molecule has 0 N–H and O–H groups in total. The summed E-state index contributed by atoms with van der Waals surface area (Å²) in [4.78, 5) is 0. The Balaban J connectivity index is 1.98. The van der Waals surface area contributed by atoms with Gasteiger partial charge in [-0.3, -0.25) is 0 Å². The zero-order valence-corrected chi connectivity index (χ0v) is 12.5. The maximum absolute atomic E-state index is 13.0. The molecule has 1 unspecified atom stereocenters. The molecule has 106 valence electrons. The lowest BCUT2D eigenvalue weighted by atomic mass is 9.99. The summed E-state index contributed by atoms with van der Waals surface area (Å²) >= 11 is 5.74. The molecule has 0 radical (unpaired) electrons. The summed E-state index contributed by atoms with van der Waals surface area (Å²) in [6, 6.07) is 12.7. The van der Waals surface area contributed by atoms with E-state index in [0.29, 0.717) is 12.5 Å². The standard InChI is InChI=1S/C17H18ClFO/c1-3-12(2)14-5-7-15(8-6-14)20-11-13-4-9-17(19)16(18)10-13/h4-10,12H,3,11H2,1-2H3. The highest BCUT2D eigenvalue weighted by molar-refractivity contribution is 6.30. The topological polar surface area (TPSA) is 9.23 Å². The van der Waals surface area contributed by atoms with Gasteiger partial charge in [0.15, 0.2) is 0 Å². The lowest BCUT2D eigenvalue weighted by Gasteiger charge is -2.11. The predicted octanol–water partition coefficient (Wildman–Crippen LogP) is 5.57. The molecule has 0 aliphatic heterocycles. The van der Waals surface area contributed by atoms with E-state index in [1.807, 2.05) is 12.1 Å². The molecule has 0 spiro atoms. The van der Waals surface area contributed by atoms with Crippen molar-refractivity contribution in [2.75, 3.05) is 0 Å². The van der Waals surface area contributed by atoms with Gasteiger partial charge >= 0.3 is 0 Å². The summed E-state index contributed by atoms with van der Waals surface area (Å²) in [5.41, 5.74) is 2.16. The fraction of sp³-hybridized carbons (Fsp3) is 0.294. The van der Waals surface area contributed by atoms with Gasteiger partial charge in [0.2, 0.25) is 0 Å². The first-order valence-corrected chi connectivity index (χ1v) is 7.14. The van der Waals surface area contributed by atoms with Crippen LogP contribution in [0.4, 0.5) is 4.39 Å². The van der Waals surface area contributed by atoms with E-state index in [-0.39, 0.29) is 5.02 Å². The first-order valence-electron chi connectivity index (χ1n) is 6.77. The molecule has 1 nitrogen and oxygen atoms in total. The maximum Gasteiger partial charge on any atom is 0.141 e. The molecule has 2 rings (SSSR count). The SMILES string of the molecule is CCC(C)c1ccc(OCc2ccc(F)c(Cl)c2)cc1. The summed E-state index contributed by atoms with van der Waals surface area (Å²) in [6.45, 7) is 4.76. The molecule has 3 heteroatoms. The van der Waals surface area contributed by atoms with E-state index in [2.05, 4.69) is 26.0 Å². The zero-order valence-electron chi connectivity index (χ0n) is 11.7. The Morgan fingerprint density at radius 2 is 1.85 bits per heavy atom. The quantitative estimate of drug-likeness (QED) is 0.700. The normalized spacial score (nSPS) is 12.2. The largest absolute Gasteiger partial charge is 0.489 e. The molecule has 0 saturated heterocycles. The van der Waals surface area contributed by atoms with Crippen molar-refractivity contribution in [3.05, 3.63) is 64.4 Å². The minimum absolute atomic E-state index is 0.123. The molecule has 0 aromatic heterocycles. The fourth-order valence-corrected chi connectivity index (χ4v) is 2.13. The van der Waals surface area contributed by atoms with Crippen LogP contribution in [0.2, 0.25) is 5.02 Å². The van der Waals surface area contributed by atoms with Crippen molar-refractivity contribution in [3.63, 3.8) is 0 Å². The minimum Gasteiger partial charge on any atom is -0.489 e. The molecule has 0 aliphatic rings. The Kier molecular flexibility index (Phi) is 5.02. The molecule has 0 amide bonds. The van der Waals surface area contributed by atoms with Gasteiger partial charge in [-0.15, -0.1) is 0 Å².